The van der Waals surface area contributed by atoms with Crippen LogP contribution < -0.4 is 0 Å². The summed E-state index contributed by atoms with van der Waals surface area (Å²) >= 11 is 12.2. The van der Waals surface area contributed by atoms with E-state index in [4.69, 9.17) is 0 Å². The van der Waals surface area contributed by atoms with Crippen molar-refractivity contribution in [2.24, 2.45) is 0 Å². The summed E-state index contributed by atoms with van der Waals surface area (Å²) in [7, 11) is 0. The summed E-state index contributed by atoms with van der Waals surface area (Å²) in [6.07, 6.45) is 9.83. The van der Waals surface area contributed by atoms with Gasteiger partial charge in [0.25, 0.3) is 0 Å². The Kier molecular flexibility index (Phi) is 78.1. The molecule has 0 saturated heterocycles. The second kappa shape index (κ2) is 40.7. The Bertz CT molecular complexity index is 77.3. The second-order valence-electron chi connectivity index (χ2n) is 0.761. The van der Waals surface area contributed by atoms with Crippen LogP contribution in [0.2, 0.25) is 0 Å². The first-order valence-corrected chi connectivity index (χ1v) is 5.10. The number of hydrogen-bond donors (Lipinski definition) is 1. The predicted octanol–water partition coefficient (Wildman–Crippen LogP) is 0.897. The summed E-state index contributed by atoms with van der Waals surface area (Å²) < 4.78 is 0. The van der Waals surface area contributed by atoms with Crippen molar-refractivity contribution in [1.82, 2.24) is 9.97 Å². The molecule has 1 aromatic heterocycles. The number of hydrogen-bond acceptors (Lipinski definition) is 4. The Morgan fingerprint density at radius 3 is 1.50 bits per heavy atom. The molecule has 0 atom stereocenters. The Hall–Kier alpha value is 0.883. The van der Waals surface area contributed by atoms with Crippen molar-refractivity contribution in [3.63, 3.8) is 0 Å². The fraction of sp³-hybridized carbons (Fsp3) is 0.500. The monoisotopic (exact) mass is 273 g/mol. The third-order valence-electron chi connectivity index (χ3n) is 0.406. The van der Waals surface area contributed by atoms with Crippen molar-refractivity contribution in [3.05, 3.63) is 18.7 Å². The average molecular weight is 275 g/mol. The fourth-order valence-corrected chi connectivity index (χ4v) is 0.215. The zero-order chi connectivity index (χ0) is 9.54. The molecule has 0 spiro atoms. The molecular formula is C6H13N2S3Zn-. The minimum atomic E-state index is 0. The smallest absolute Gasteiger partial charge is 0.796 e. The summed E-state index contributed by atoms with van der Waals surface area (Å²) in [5.41, 5.74) is 0. The molecule has 0 saturated carbocycles. The molecule has 0 aliphatic heterocycles. The standard InChI is InChI=1S/C3H4N2.3CH4S.Zn/c1-2-5-3-4-1;3*1-2;/h1-3H,(H,4,5);3*2H,1H3;/q;;;;+2/p-3. The number of aromatic amines is 1. The van der Waals surface area contributed by atoms with E-state index in [1.54, 1.807) is 37.5 Å². The first-order chi connectivity index (χ1) is 5.50. The first kappa shape index (κ1) is 23.1. The molecule has 1 N–H and O–H groups in total. The van der Waals surface area contributed by atoms with Crippen molar-refractivity contribution in [1.29, 1.82) is 0 Å². The molecule has 0 amide bonds. The molecule has 6 heteroatoms. The number of aromatic nitrogens is 2. The van der Waals surface area contributed by atoms with Gasteiger partial charge >= 0.3 is 19.5 Å². The fourth-order valence-electron chi connectivity index (χ4n) is 0.215. The van der Waals surface area contributed by atoms with E-state index in [-0.39, 0.29) is 19.5 Å². The van der Waals surface area contributed by atoms with Gasteiger partial charge in [-0.3, -0.25) is 0 Å². The van der Waals surface area contributed by atoms with Gasteiger partial charge in [-0.1, -0.05) is 0 Å². The van der Waals surface area contributed by atoms with Gasteiger partial charge in [-0.25, -0.2) is 4.98 Å². The van der Waals surface area contributed by atoms with Crippen LogP contribution in [0.25, 0.3) is 0 Å². The zero-order valence-electron chi connectivity index (χ0n) is 7.61. The van der Waals surface area contributed by atoms with Crippen LogP contribution in [0.1, 0.15) is 0 Å². The second-order valence-corrected chi connectivity index (χ2v) is 0.761. The number of nitrogens with zero attached hydrogens (tertiary/aromatic N) is 1. The van der Waals surface area contributed by atoms with Crippen molar-refractivity contribution in [2.45, 2.75) is 0 Å². The van der Waals surface area contributed by atoms with Gasteiger partial charge in [0.2, 0.25) is 0 Å². The molecule has 0 bridgehead atoms. The van der Waals surface area contributed by atoms with Crippen LogP contribution in [-0.2, 0) is 57.4 Å². The van der Waals surface area contributed by atoms with Crippen molar-refractivity contribution in [2.75, 3.05) is 18.8 Å². The zero-order valence-corrected chi connectivity index (χ0v) is 13.0. The summed E-state index contributed by atoms with van der Waals surface area (Å²) in [5.74, 6) is 0. The normalized spacial score (nSPS) is 4.83. The number of H-pyrrole nitrogens is 1. The molecule has 0 radical (unpaired) electrons. The number of imidazole rings is 1. The van der Waals surface area contributed by atoms with E-state index < -0.39 is 0 Å². The molecule has 1 aromatic rings. The molecular weight excluding hydrogens is 262 g/mol. The topological polar surface area (TPSA) is 28.7 Å². The maximum absolute atomic E-state index is 4.08. The average Bonchev–Trinajstić information content (AvgIpc) is 2.71. The van der Waals surface area contributed by atoms with Gasteiger partial charge in [-0.2, -0.15) is 18.8 Å². The predicted molar refractivity (Wildman–Crippen MR) is 58.5 cm³/mol. The largest absolute Gasteiger partial charge is 2.00 e. The van der Waals surface area contributed by atoms with Crippen molar-refractivity contribution < 1.29 is 19.5 Å². The van der Waals surface area contributed by atoms with Crippen molar-refractivity contribution in [3.8, 4) is 0 Å². The van der Waals surface area contributed by atoms with E-state index >= 15 is 0 Å². The summed E-state index contributed by atoms with van der Waals surface area (Å²) in [5, 5.41) is 0. The van der Waals surface area contributed by atoms with Gasteiger partial charge in [0.1, 0.15) is 0 Å². The number of nitrogens with one attached hydrogen (secondary N) is 1. The van der Waals surface area contributed by atoms with Gasteiger partial charge in [0.05, 0.1) is 6.33 Å². The van der Waals surface area contributed by atoms with Gasteiger partial charge in [0, 0.05) is 12.4 Å². The Morgan fingerprint density at radius 1 is 1.00 bits per heavy atom. The minimum Gasteiger partial charge on any atom is -0.796 e. The van der Waals surface area contributed by atoms with Gasteiger partial charge < -0.3 is 42.9 Å². The van der Waals surface area contributed by atoms with E-state index in [0.29, 0.717) is 0 Å². The van der Waals surface area contributed by atoms with Crippen LogP contribution in [0, 0.1) is 0 Å². The Labute approximate surface area is 104 Å². The van der Waals surface area contributed by atoms with E-state index in [1.807, 2.05) is 0 Å². The van der Waals surface area contributed by atoms with Crippen LogP contribution in [0.15, 0.2) is 18.7 Å². The third kappa shape index (κ3) is 30.7. The third-order valence-corrected chi connectivity index (χ3v) is 0.406. The minimum absolute atomic E-state index is 0. The molecule has 2 nitrogen and oxygen atoms in total. The molecule has 68 valence electrons. The Balaban J connectivity index is -0.0000000406. The summed E-state index contributed by atoms with van der Waals surface area (Å²) in [6, 6.07) is 0. The van der Waals surface area contributed by atoms with E-state index in [9.17, 15) is 0 Å². The van der Waals surface area contributed by atoms with Crippen molar-refractivity contribution >= 4 is 37.9 Å². The summed E-state index contributed by atoms with van der Waals surface area (Å²) in [4.78, 5) is 6.42. The molecule has 0 aromatic carbocycles. The molecule has 0 aliphatic rings. The van der Waals surface area contributed by atoms with Crippen LogP contribution in [0.4, 0.5) is 0 Å². The maximum atomic E-state index is 4.08. The molecule has 0 fully saturated rings. The molecule has 12 heavy (non-hydrogen) atoms. The van der Waals surface area contributed by atoms with Crippen LogP contribution in [0.5, 0.6) is 0 Å². The molecule has 1 rings (SSSR count). The van der Waals surface area contributed by atoms with E-state index in [2.05, 4.69) is 47.9 Å². The SMILES string of the molecule is C[S-].C[S-].C[S-].[Zn+2].c1c[nH]cn1. The Morgan fingerprint density at radius 2 is 1.42 bits per heavy atom. The summed E-state index contributed by atoms with van der Waals surface area (Å²) in [6.45, 7) is 0. The van der Waals surface area contributed by atoms with Gasteiger partial charge in [-0.05, 0) is 0 Å². The maximum Gasteiger partial charge on any atom is 2.00 e. The van der Waals surface area contributed by atoms with Gasteiger partial charge in [0.15, 0.2) is 0 Å². The van der Waals surface area contributed by atoms with E-state index in [1.165, 1.54) is 0 Å². The van der Waals surface area contributed by atoms with Crippen LogP contribution in [0.3, 0.4) is 0 Å². The molecule has 1 heterocycles. The first-order valence-electron chi connectivity index (χ1n) is 2.65. The quantitative estimate of drug-likeness (QED) is 0.562. The van der Waals surface area contributed by atoms with Crippen LogP contribution in [-0.4, -0.2) is 28.7 Å². The van der Waals surface area contributed by atoms with Gasteiger partial charge in [-0.15, -0.1) is 0 Å². The molecule has 0 aliphatic carbocycles. The van der Waals surface area contributed by atoms with E-state index in [0.717, 1.165) is 0 Å². The van der Waals surface area contributed by atoms with Crippen LogP contribution >= 0.6 is 0 Å². The molecule has 0 unspecified atom stereocenters. The number of rotatable bonds is 0.